The van der Waals surface area contributed by atoms with Crippen molar-refractivity contribution in [1.82, 2.24) is 9.97 Å². The molecule has 0 saturated heterocycles. The van der Waals surface area contributed by atoms with Crippen LogP contribution in [-0.2, 0) is 0 Å². The van der Waals surface area contributed by atoms with Crippen molar-refractivity contribution in [3.63, 3.8) is 0 Å². The largest absolute Gasteiger partial charge is 0.490 e. The number of aliphatic hydroxyl groups is 1. The lowest BCUT2D eigenvalue weighted by molar-refractivity contribution is 0.105. The number of hydrogen-bond acceptors (Lipinski definition) is 4. The van der Waals surface area contributed by atoms with Crippen LogP contribution in [0, 0.1) is 11.6 Å². The lowest BCUT2D eigenvalue weighted by Gasteiger charge is -2.13. The van der Waals surface area contributed by atoms with Gasteiger partial charge in [0.05, 0.1) is 11.0 Å². The van der Waals surface area contributed by atoms with Crippen molar-refractivity contribution in [2.24, 2.45) is 0 Å². The molecule has 0 aliphatic rings. The fraction of sp³-hybridized carbons (Fsp3) is 0.125. The van der Waals surface area contributed by atoms with Crippen LogP contribution in [0.4, 0.5) is 8.78 Å². The lowest BCUT2D eigenvalue weighted by atomic mass is 10.1. The fourth-order valence-corrected chi connectivity index (χ4v) is 2.07. The molecule has 0 aliphatic heterocycles. The Labute approximate surface area is 125 Å². The summed E-state index contributed by atoms with van der Waals surface area (Å²) in [6.45, 7) is -0.158. The molecule has 0 fully saturated rings. The first-order valence-corrected chi connectivity index (χ1v) is 6.60. The van der Waals surface area contributed by atoms with Gasteiger partial charge in [-0.1, -0.05) is 6.07 Å². The van der Waals surface area contributed by atoms with E-state index in [4.69, 9.17) is 4.74 Å². The van der Waals surface area contributed by atoms with Gasteiger partial charge >= 0.3 is 0 Å². The molecule has 6 heteroatoms. The summed E-state index contributed by atoms with van der Waals surface area (Å²) < 4.78 is 31.8. The molecule has 1 N–H and O–H groups in total. The van der Waals surface area contributed by atoms with Crippen LogP contribution in [0.15, 0.2) is 48.8 Å². The van der Waals surface area contributed by atoms with E-state index in [2.05, 4.69) is 9.97 Å². The van der Waals surface area contributed by atoms with E-state index in [1.54, 1.807) is 30.6 Å². The summed E-state index contributed by atoms with van der Waals surface area (Å²) in [6, 6.07) is 8.12. The lowest BCUT2D eigenvalue weighted by Crippen LogP contribution is -2.11. The highest BCUT2D eigenvalue weighted by Gasteiger charge is 2.14. The van der Waals surface area contributed by atoms with E-state index in [0.717, 1.165) is 17.6 Å². The first kappa shape index (κ1) is 14.3. The highest BCUT2D eigenvalue weighted by Crippen LogP contribution is 2.21. The summed E-state index contributed by atoms with van der Waals surface area (Å²) in [5, 5.41) is 9.95. The Bertz CT molecular complexity index is 811. The van der Waals surface area contributed by atoms with Gasteiger partial charge in [-0.2, -0.15) is 0 Å². The third-order valence-corrected chi connectivity index (χ3v) is 3.17. The molecule has 0 bridgehead atoms. The zero-order valence-corrected chi connectivity index (χ0v) is 11.4. The molecule has 0 radical (unpaired) electrons. The van der Waals surface area contributed by atoms with E-state index in [-0.39, 0.29) is 12.2 Å². The summed E-state index contributed by atoms with van der Waals surface area (Å²) in [5.41, 5.74) is 1.37. The van der Waals surface area contributed by atoms with Crippen LogP contribution in [-0.4, -0.2) is 21.7 Å². The maximum atomic E-state index is 13.6. The maximum absolute atomic E-state index is 13.6. The summed E-state index contributed by atoms with van der Waals surface area (Å²) >= 11 is 0. The quantitative estimate of drug-likeness (QED) is 0.805. The number of ether oxygens (including phenoxy) is 1. The number of fused-ring (bicyclic) bond motifs is 1. The molecule has 22 heavy (non-hydrogen) atoms. The minimum absolute atomic E-state index is 0.0121. The Morgan fingerprint density at radius 3 is 2.55 bits per heavy atom. The van der Waals surface area contributed by atoms with Gasteiger partial charge in [-0.05, 0) is 18.2 Å². The van der Waals surface area contributed by atoms with E-state index < -0.39 is 17.7 Å². The van der Waals surface area contributed by atoms with Crippen molar-refractivity contribution in [3.05, 3.63) is 66.0 Å². The second-order valence-corrected chi connectivity index (χ2v) is 4.70. The number of benzene rings is 2. The molecule has 1 unspecified atom stereocenters. The molecule has 0 saturated carbocycles. The van der Waals surface area contributed by atoms with Crippen molar-refractivity contribution in [2.45, 2.75) is 6.10 Å². The molecule has 1 atom stereocenters. The van der Waals surface area contributed by atoms with Crippen LogP contribution in [0.1, 0.15) is 11.7 Å². The molecule has 3 aromatic rings. The zero-order chi connectivity index (χ0) is 15.5. The number of aliphatic hydroxyl groups excluding tert-OH is 1. The van der Waals surface area contributed by atoms with Gasteiger partial charge in [0.15, 0.2) is 0 Å². The molecule has 4 nitrogen and oxygen atoms in total. The molecular formula is C16H12F2N2O2. The summed E-state index contributed by atoms with van der Waals surface area (Å²) in [4.78, 5) is 8.28. The smallest absolute Gasteiger partial charge is 0.132 e. The van der Waals surface area contributed by atoms with Crippen LogP contribution < -0.4 is 4.74 Å². The topological polar surface area (TPSA) is 55.2 Å². The van der Waals surface area contributed by atoms with Gasteiger partial charge < -0.3 is 9.84 Å². The predicted molar refractivity (Wildman–Crippen MR) is 76.4 cm³/mol. The monoisotopic (exact) mass is 302 g/mol. The Kier molecular flexibility index (Phi) is 3.93. The van der Waals surface area contributed by atoms with Crippen molar-refractivity contribution in [2.75, 3.05) is 6.61 Å². The Balaban J connectivity index is 1.72. The fourth-order valence-electron chi connectivity index (χ4n) is 2.07. The van der Waals surface area contributed by atoms with E-state index in [1.165, 1.54) is 6.07 Å². The highest BCUT2D eigenvalue weighted by molar-refractivity contribution is 5.75. The van der Waals surface area contributed by atoms with Gasteiger partial charge in [-0.15, -0.1) is 0 Å². The van der Waals surface area contributed by atoms with Crippen LogP contribution >= 0.6 is 0 Å². The minimum Gasteiger partial charge on any atom is -0.490 e. The summed E-state index contributed by atoms with van der Waals surface area (Å²) in [6.07, 6.45) is 1.96. The van der Waals surface area contributed by atoms with E-state index >= 15 is 0 Å². The molecule has 2 aromatic carbocycles. The second-order valence-electron chi connectivity index (χ2n) is 4.70. The van der Waals surface area contributed by atoms with Gasteiger partial charge in [0.25, 0.3) is 0 Å². The van der Waals surface area contributed by atoms with Gasteiger partial charge in [0, 0.05) is 30.1 Å². The number of hydrogen-bond donors (Lipinski definition) is 1. The second kappa shape index (κ2) is 6.03. The Morgan fingerprint density at radius 2 is 1.77 bits per heavy atom. The van der Waals surface area contributed by atoms with Gasteiger partial charge in [-0.25, -0.2) is 8.78 Å². The average molecular weight is 302 g/mol. The molecular weight excluding hydrogens is 290 g/mol. The molecule has 0 amide bonds. The van der Waals surface area contributed by atoms with Gasteiger partial charge in [0.1, 0.15) is 30.1 Å². The average Bonchev–Trinajstić information content (AvgIpc) is 2.52. The number of aromatic nitrogens is 2. The van der Waals surface area contributed by atoms with Crippen molar-refractivity contribution < 1.29 is 18.6 Å². The van der Waals surface area contributed by atoms with Crippen LogP contribution in [0.25, 0.3) is 11.0 Å². The molecule has 0 aliphatic carbocycles. The summed E-state index contributed by atoms with van der Waals surface area (Å²) in [5.74, 6) is -1.02. The molecule has 0 spiro atoms. The number of rotatable bonds is 4. The third kappa shape index (κ3) is 3.01. The van der Waals surface area contributed by atoms with Gasteiger partial charge in [-0.3, -0.25) is 9.97 Å². The molecule has 3 rings (SSSR count). The normalized spacial score (nSPS) is 12.3. The molecule has 1 heterocycles. The Hall–Kier alpha value is -2.60. The zero-order valence-electron chi connectivity index (χ0n) is 11.4. The van der Waals surface area contributed by atoms with Crippen molar-refractivity contribution in [3.8, 4) is 5.75 Å². The van der Waals surface area contributed by atoms with Crippen LogP contribution in [0.3, 0.4) is 0 Å². The standard InChI is InChI=1S/C16H12F2N2O2/c17-10-1-3-12(13(18)7-10)16(21)9-22-11-2-4-14-15(8-11)20-6-5-19-14/h1-8,16,21H,9H2. The highest BCUT2D eigenvalue weighted by atomic mass is 19.1. The SMILES string of the molecule is OC(COc1ccc2nccnc2c1)c1ccc(F)cc1F. The summed E-state index contributed by atoms with van der Waals surface area (Å²) in [7, 11) is 0. The number of halogens is 2. The first-order chi connectivity index (χ1) is 10.6. The molecule has 112 valence electrons. The van der Waals surface area contributed by atoms with E-state index in [1.807, 2.05) is 0 Å². The van der Waals surface area contributed by atoms with Crippen molar-refractivity contribution in [1.29, 1.82) is 0 Å². The number of nitrogens with zero attached hydrogens (tertiary/aromatic N) is 2. The van der Waals surface area contributed by atoms with Crippen molar-refractivity contribution >= 4 is 11.0 Å². The first-order valence-electron chi connectivity index (χ1n) is 6.60. The van der Waals surface area contributed by atoms with E-state index in [0.29, 0.717) is 11.3 Å². The Morgan fingerprint density at radius 1 is 1.00 bits per heavy atom. The molecule has 1 aromatic heterocycles. The van der Waals surface area contributed by atoms with Crippen LogP contribution in [0.5, 0.6) is 5.75 Å². The van der Waals surface area contributed by atoms with E-state index in [9.17, 15) is 13.9 Å². The predicted octanol–water partition coefficient (Wildman–Crippen LogP) is 3.02. The van der Waals surface area contributed by atoms with Gasteiger partial charge in [0.2, 0.25) is 0 Å². The maximum Gasteiger partial charge on any atom is 0.132 e. The minimum atomic E-state index is -1.20. The van der Waals surface area contributed by atoms with Crippen LogP contribution in [0.2, 0.25) is 0 Å². The third-order valence-electron chi connectivity index (χ3n) is 3.17.